The Labute approximate surface area is 342 Å². The molecule has 4 heterocycles. The van der Waals surface area contributed by atoms with Crippen LogP contribution in [0.25, 0.3) is 22.1 Å². The number of primary amides is 2. The van der Waals surface area contributed by atoms with Gasteiger partial charge in [-0.05, 0) is 70.5 Å². The number of hydrogen-bond donors (Lipinski definition) is 6. The van der Waals surface area contributed by atoms with E-state index in [-0.39, 0.29) is 72.6 Å². The van der Waals surface area contributed by atoms with Crippen molar-refractivity contribution in [3.05, 3.63) is 82.5 Å². The first-order chi connectivity index (χ1) is 28.8. The molecule has 21 heteroatoms. The number of anilines is 2. The number of nitrogens with two attached hydrogens (primary N) is 2. The van der Waals surface area contributed by atoms with Crippen molar-refractivity contribution >= 4 is 63.5 Å². The molecule has 0 aliphatic rings. The van der Waals surface area contributed by atoms with Crippen molar-refractivity contribution in [3.63, 3.8) is 0 Å². The van der Waals surface area contributed by atoms with E-state index in [2.05, 4.69) is 30.8 Å². The molecule has 0 atom stereocenters. The molecule has 6 aromatic rings. The molecular formula is C39H45N13O8. The van der Waals surface area contributed by atoms with Gasteiger partial charge in [-0.1, -0.05) is 12.2 Å². The van der Waals surface area contributed by atoms with Gasteiger partial charge >= 0.3 is 0 Å². The quantitative estimate of drug-likeness (QED) is 0.0316. The van der Waals surface area contributed by atoms with Crippen LogP contribution in [0, 0.1) is 13.8 Å². The summed E-state index contributed by atoms with van der Waals surface area (Å²) in [7, 11) is 1.44. The highest BCUT2D eigenvalue weighted by Gasteiger charge is 2.24. The molecule has 0 spiro atoms. The topological polar surface area (TPSA) is 283 Å². The van der Waals surface area contributed by atoms with Crippen LogP contribution in [0.3, 0.4) is 0 Å². The monoisotopic (exact) mass is 823 g/mol. The van der Waals surface area contributed by atoms with Crippen LogP contribution in [0.5, 0.6) is 11.5 Å². The number of ether oxygens (including phenoxy) is 2. The fraction of sp³-hybridized carbons (Fsp3) is 0.308. The van der Waals surface area contributed by atoms with Crippen molar-refractivity contribution in [2.75, 3.05) is 24.4 Å². The first-order valence-corrected chi connectivity index (χ1v) is 18.9. The Bertz CT molecular complexity index is 2670. The van der Waals surface area contributed by atoms with E-state index in [1.54, 1.807) is 62.1 Å². The molecule has 4 aromatic heterocycles. The van der Waals surface area contributed by atoms with Crippen LogP contribution in [0.1, 0.15) is 79.8 Å². The smallest absolute Gasteiger partial charge is 0.276 e. The Morgan fingerprint density at radius 3 is 1.63 bits per heavy atom. The van der Waals surface area contributed by atoms with Gasteiger partial charge in [-0.25, -0.2) is 15.4 Å². The molecule has 21 nitrogen and oxygen atoms in total. The lowest BCUT2D eigenvalue weighted by Gasteiger charge is -2.13. The summed E-state index contributed by atoms with van der Waals surface area (Å²) in [6.07, 6.45) is 3.75. The van der Waals surface area contributed by atoms with Crippen molar-refractivity contribution in [2.24, 2.45) is 11.5 Å². The fourth-order valence-corrected chi connectivity index (χ4v) is 6.66. The number of nitrogens with zero attached hydrogens (tertiary/aromatic N) is 8. The average molecular weight is 824 g/mol. The molecule has 0 aliphatic carbocycles. The minimum Gasteiger partial charge on any atom is -0.494 e. The normalized spacial score (nSPS) is 11.4. The number of hydroxylamine groups is 1. The number of hydrogen-bond acceptors (Lipinski definition) is 12. The molecule has 0 saturated carbocycles. The van der Waals surface area contributed by atoms with Gasteiger partial charge in [-0.3, -0.25) is 49.2 Å². The Hall–Kier alpha value is -7.55. The molecule has 6 rings (SSSR count). The number of carbonyl (C=O) groups is 5. The molecular weight excluding hydrogens is 779 g/mol. The molecule has 0 fully saturated rings. The summed E-state index contributed by atoms with van der Waals surface area (Å²) in [5.74, 6) is -2.24. The third kappa shape index (κ3) is 8.79. The Kier molecular flexibility index (Phi) is 12.6. The van der Waals surface area contributed by atoms with Gasteiger partial charge in [-0.15, -0.1) is 0 Å². The van der Waals surface area contributed by atoms with E-state index in [4.69, 9.17) is 26.1 Å². The molecule has 8 N–H and O–H groups in total. The van der Waals surface area contributed by atoms with Gasteiger partial charge in [-0.2, -0.15) is 10.2 Å². The maximum absolute atomic E-state index is 13.7. The van der Waals surface area contributed by atoms with Gasteiger partial charge in [0.1, 0.15) is 33.9 Å². The van der Waals surface area contributed by atoms with Gasteiger partial charge in [0, 0.05) is 43.7 Å². The summed E-state index contributed by atoms with van der Waals surface area (Å²) in [5, 5.41) is 23.4. The second-order valence-electron chi connectivity index (χ2n) is 13.5. The van der Waals surface area contributed by atoms with Gasteiger partial charge in [0.25, 0.3) is 11.8 Å². The van der Waals surface area contributed by atoms with E-state index in [0.717, 1.165) is 0 Å². The number of benzene rings is 2. The molecule has 0 radical (unpaired) electrons. The SMILES string of the molecule is CCn1nc(C)cc1C(=O)Nc1nc2cc(C(N)=O)cc(OC)c2n1C/C=C/Cn1c(NC(=O)c2cc(C)nn2CC)nc2cc(C(N)=O)cc(OCCCC(=O)NO)c21. The molecule has 60 heavy (non-hydrogen) atoms. The number of nitrogens with one attached hydrogen (secondary N) is 3. The van der Waals surface area contributed by atoms with Crippen LogP contribution in [0.2, 0.25) is 0 Å². The number of imidazole rings is 2. The van der Waals surface area contributed by atoms with Crippen LogP contribution in [-0.2, 0) is 31.0 Å². The number of fused-ring (bicyclic) bond motifs is 2. The van der Waals surface area contributed by atoms with Crippen LogP contribution in [0.4, 0.5) is 11.9 Å². The lowest BCUT2D eigenvalue weighted by molar-refractivity contribution is -0.129. The zero-order valence-corrected chi connectivity index (χ0v) is 33.6. The second kappa shape index (κ2) is 17.9. The summed E-state index contributed by atoms with van der Waals surface area (Å²) in [6, 6.07) is 9.24. The lowest BCUT2D eigenvalue weighted by atomic mass is 10.1. The van der Waals surface area contributed by atoms with Crippen molar-refractivity contribution in [1.29, 1.82) is 0 Å². The third-order valence-electron chi connectivity index (χ3n) is 9.39. The highest BCUT2D eigenvalue weighted by atomic mass is 16.5. The van der Waals surface area contributed by atoms with E-state index in [1.165, 1.54) is 31.4 Å². The van der Waals surface area contributed by atoms with Gasteiger partial charge in [0.2, 0.25) is 29.6 Å². The van der Waals surface area contributed by atoms with E-state index in [1.807, 2.05) is 13.8 Å². The van der Waals surface area contributed by atoms with Crippen molar-refractivity contribution in [1.82, 2.24) is 44.1 Å². The zero-order valence-electron chi connectivity index (χ0n) is 33.6. The Morgan fingerprint density at radius 2 is 1.20 bits per heavy atom. The largest absolute Gasteiger partial charge is 0.494 e. The molecule has 0 aliphatic heterocycles. The molecule has 0 saturated heterocycles. The predicted molar refractivity (Wildman–Crippen MR) is 218 cm³/mol. The summed E-state index contributed by atoms with van der Waals surface area (Å²) in [6.45, 7) is 8.40. The second-order valence-corrected chi connectivity index (χ2v) is 13.5. The maximum Gasteiger partial charge on any atom is 0.276 e. The number of amides is 5. The summed E-state index contributed by atoms with van der Waals surface area (Å²) in [4.78, 5) is 72.9. The average Bonchev–Trinajstić information content (AvgIpc) is 3.99. The number of methoxy groups -OCH3 is 1. The van der Waals surface area contributed by atoms with E-state index in [0.29, 0.717) is 52.4 Å². The van der Waals surface area contributed by atoms with E-state index >= 15 is 0 Å². The van der Waals surface area contributed by atoms with Gasteiger partial charge < -0.3 is 30.1 Å². The minimum atomic E-state index is -0.744. The number of carbonyl (C=O) groups excluding carboxylic acids is 5. The lowest BCUT2D eigenvalue weighted by Crippen LogP contribution is -2.20. The van der Waals surface area contributed by atoms with E-state index in [9.17, 15) is 24.0 Å². The summed E-state index contributed by atoms with van der Waals surface area (Å²) >= 11 is 0. The van der Waals surface area contributed by atoms with E-state index < -0.39 is 29.5 Å². The maximum atomic E-state index is 13.7. The summed E-state index contributed by atoms with van der Waals surface area (Å²) < 4.78 is 18.2. The van der Waals surface area contributed by atoms with Crippen LogP contribution >= 0.6 is 0 Å². The fourth-order valence-electron chi connectivity index (χ4n) is 6.66. The van der Waals surface area contributed by atoms with Crippen LogP contribution in [-0.4, -0.2) is 87.1 Å². The number of aromatic nitrogens is 8. The standard InChI is InChI=1S/C39H45N13O8/c1-6-51-27(15-21(3)46-51)36(56)44-38-42-25-17-23(34(40)54)19-29(59-5)32(25)49(38)12-8-9-13-50-33-26(43-39(50)45-37(57)28-16-22(4)47-52(28)7-2)18-24(35(41)55)20-30(33)60-14-10-11-31(53)48-58/h8-9,15-20,58H,6-7,10-14H2,1-5H3,(H2,40,54)(H2,41,55)(H,48,53)(H,42,44,56)(H,43,45,57)/b9-8+. The minimum absolute atomic E-state index is 0.0164. The Morgan fingerprint density at radius 1 is 0.733 bits per heavy atom. The number of allylic oxidation sites excluding steroid dienone is 2. The molecule has 2 aromatic carbocycles. The van der Waals surface area contributed by atoms with Crippen molar-refractivity contribution in [3.8, 4) is 11.5 Å². The number of aryl methyl sites for hydroxylation is 4. The molecule has 5 amide bonds. The van der Waals surface area contributed by atoms with Crippen LogP contribution < -0.4 is 37.1 Å². The first kappa shape index (κ1) is 42.1. The van der Waals surface area contributed by atoms with Crippen molar-refractivity contribution < 1.29 is 38.7 Å². The number of rotatable bonds is 18. The zero-order chi connectivity index (χ0) is 43.2. The molecule has 314 valence electrons. The van der Waals surface area contributed by atoms with Crippen molar-refractivity contribution in [2.45, 2.75) is 66.7 Å². The highest BCUT2D eigenvalue weighted by Crippen LogP contribution is 2.33. The molecule has 0 unspecified atom stereocenters. The van der Waals surface area contributed by atoms with Crippen LogP contribution in [0.15, 0.2) is 48.6 Å². The predicted octanol–water partition coefficient (Wildman–Crippen LogP) is 3.07. The van der Waals surface area contributed by atoms with Gasteiger partial charge in [0.05, 0.1) is 36.1 Å². The Balaban J connectivity index is 1.41. The highest BCUT2D eigenvalue weighted by molar-refractivity contribution is 6.05. The first-order valence-electron chi connectivity index (χ1n) is 18.9. The molecule has 0 bridgehead atoms. The van der Waals surface area contributed by atoms with Gasteiger partial charge in [0.15, 0.2) is 0 Å². The summed E-state index contributed by atoms with van der Waals surface area (Å²) in [5.41, 5.74) is 16.5. The third-order valence-corrected chi connectivity index (χ3v) is 9.39.